The van der Waals surface area contributed by atoms with Crippen LogP contribution in [0.2, 0.25) is 0 Å². The number of hydrogen-bond donors (Lipinski definition) is 1. The molecule has 0 unspecified atom stereocenters. The molecule has 0 heterocycles. The monoisotopic (exact) mass is 452 g/mol. The Morgan fingerprint density at radius 3 is 2.06 bits per heavy atom. The molecule has 6 heteroatoms. The minimum Gasteiger partial charge on any atom is -0.324 e. The Labute approximate surface area is 191 Å². The Morgan fingerprint density at radius 1 is 0.969 bits per heavy atom. The van der Waals surface area contributed by atoms with Crippen molar-refractivity contribution in [1.82, 2.24) is 0 Å². The van der Waals surface area contributed by atoms with Crippen molar-refractivity contribution in [2.45, 2.75) is 50.9 Å². The van der Waals surface area contributed by atoms with Crippen LogP contribution in [0.5, 0.6) is 0 Å². The van der Waals surface area contributed by atoms with Gasteiger partial charge in [0.25, 0.3) is 0 Å². The number of anilines is 2. The molecule has 4 aliphatic rings. The number of sulfonamides is 1. The van der Waals surface area contributed by atoms with Crippen LogP contribution < -0.4 is 9.62 Å². The summed E-state index contributed by atoms with van der Waals surface area (Å²) >= 11 is 0. The van der Waals surface area contributed by atoms with Gasteiger partial charge in [-0.05, 0) is 97.9 Å². The first-order chi connectivity index (χ1) is 15.2. The van der Waals surface area contributed by atoms with Gasteiger partial charge in [0, 0.05) is 5.69 Å². The molecule has 32 heavy (non-hydrogen) atoms. The minimum atomic E-state index is -3.60. The predicted molar refractivity (Wildman–Crippen MR) is 128 cm³/mol. The van der Waals surface area contributed by atoms with Gasteiger partial charge in [0.15, 0.2) is 0 Å². The molecule has 4 bridgehead atoms. The fraction of sp³-hybridized carbons (Fsp3) is 0.500. The third-order valence-corrected chi connectivity index (χ3v) is 9.05. The second-order valence-electron chi connectivity index (χ2n) is 10.4. The molecule has 0 saturated heterocycles. The van der Waals surface area contributed by atoms with Gasteiger partial charge >= 0.3 is 0 Å². The number of carbonyl (C=O) groups is 1. The number of para-hydroxylation sites is 1. The SMILES string of the molecule is Cc1ccccc1NC(=O)CN(c1ccc(C23CC4CC(CC(C4)C2)C3)cc1)S(C)(=O)=O. The van der Waals surface area contributed by atoms with Crippen LogP contribution in [0.1, 0.15) is 49.7 Å². The molecular formula is C26H32N2O3S. The topological polar surface area (TPSA) is 66.5 Å². The number of hydrogen-bond acceptors (Lipinski definition) is 3. The van der Waals surface area contributed by atoms with E-state index < -0.39 is 10.0 Å². The summed E-state index contributed by atoms with van der Waals surface area (Å²) in [5, 5.41) is 2.84. The summed E-state index contributed by atoms with van der Waals surface area (Å²) in [5.74, 6) is 2.23. The van der Waals surface area contributed by atoms with Crippen LogP contribution in [0.3, 0.4) is 0 Å². The molecule has 2 aromatic carbocycles. The first-order valence-electron chi connectivity index (χ1n) is 11.7. The largest absolute Gasteiger partial charge is 0.324 e. The molecule has 4 fully saturated rings. The second kappa shape index (κ2) is 7.91. The number of nitrogens with one attached hydrogen (secondary N) is 1. The maximum atomic E-state index is 12.7. The Balaban J connectivity index is 1.36. The van der Waals surface area contributed by atoms with Crippen LogP contribution in [0.15, 0.2) is 48.5 Å². The van der Waals surface area contributed by atoms with Crippen molar-refractivity contribution >= 4 is 27.3 Å². The number of nitrogens with zero attached hydrogens (tertiary/aromatic N) is 1. The van der Waals surface area contributed by atoms with Crippen molar-refractivity contribution in [2.75, 3.05) is 22.4 Å². The van der Waals surface area contributed by atoms with Crippen molar-refractivity contribution < 1.29 is 13.2 Å². The van der Waals surface area contributed by atoms with Gasteiger partial charge in [-0.2, -0.15) is 0 Å². The molecule has 1 amide bonds. The zero-order valence-corrected chi connectivity index (χ0v) is 19.7. The van der Waals surface area contributed by atoms with Gasteiger partial charge in [0.2, 0.25) is 15.9 Å². The van der Waals surface area contributed by atoms with E-state index in [1.807, 2.05) is 43.3 Å². The van der Waals surface area contributed by atoms with Crippen LogP contribution in [0.4, 0.5) is 11.4 Å². The third-order valence-electron chi connectivity index (χ3n) is 7.91. The zero-order chi connectivity index (χ0) is 22.5. The average molecular weight is 453 g/mol. The van der Waals surface area contributed by atoms with E-state index in [2.05, 4.69) is 17.4 Å². The highest BCUT2D eigenvalue weighted by Gasteiger charge is 2.51. The average Bonchev–Trinajstić information content (AvgIpc) is 2.72. The van der Waals surface area contributed by atoms with Crippen molar-refractivity contribution in [3.8, 4) is 0 Å². The highest BCUT2D eigenvalue weighted by molar-refractivity contribution is 7.92. The van der Waals surface area contributed by atoms with Crippen LogP contribution >= 0.6 is 0 Å². The number of aryl methyl sites for hydroxylation is 1. The number of carbonyl (C=O) groups excluding carboxylic acids is 1. The molecule has 0 radical (unpaired) electrons. The van der Waals surface area contributed by atoms with Gasteiger partial charge in [-0.1, -0.05) is 30.3 Å². The standard InChI is InChI=1S/C26H32N2O3S/c1-18-5-3-4-6-24(18)27-25(29)17-28(32(2,30)31)23-9-7-22(8-10-23)26-14-19-11-20(15-26)13-21(12-19)16-26/h3-10,19-21H,11-17H2,1-2H3,(H,27,29). The summed E-state index contributed by atoms with van der Waals surface area (Å²) < 4.78 is 26.3. The lowest BCUT2D eigenvalue weighted by Gasteiger charge is -2.57. The van der Waals surface area contributed by atoms with E-state index in [4.69, 9.17) is 0 Å². The fourth-order valence-corrected chi connectivity index (χ4v) is 7.74. The molecular weight excluding hydrogens is 420 g/mol. The molecule has 4 aliphatic carbocycles. The van der Waals surface area contributed by atoms with Crippen molar-refractivity contribution in [3.63, 3.8) is 0 Å². The summed E-state index contributed by atoms with van der Waals surface area (Å²) in [6, 6.07) is 15.5. The van der Waals surface area contributed by atoms with Crippen LogP contribution in [0.25, 0.3) is 0 Å². The Kier molecular flexibility index (Phi) is 5.31. The van der Waals surface area contributed by atoms with Gasteiger partial charge in [-0.3, -0.25) is 9.10 Å². The van der Waals surface area contributed by atoms with Crippen molar-refractivity contribution in [2.24, 2.45) is 17.8 Å². The van der Waals surface area contributed by atoms with Crippen LogP contribution in [0, 0.1) is 24.7 Å². The van der Waals surface area contributed by atoms with Crippen molar-refractivity contribution in [3.05, 3.63) is 59.7 Å². The second-order valence-corrected chi connectivity index (χ2v) is 12.3. The van der Waals surface area contributed by atoms with Crippen LogP contribution in [-0.2, 0) is 20.2 Å². The molecule has 0 spiro atoms. The summed E-state index contributed by atoms with van der Waals surface area (Å²) in [6.45, 7) is 1.66. The van der Waals surface area contributed by atoms with Crippen LogP contribution in [-0.4, -0.2) is 27.1 Å². The maximum absolute atomic E-state index is 12.7. The summed E-state index contributed by atoms with van der Waals surface area (Å²) in [7, 11) is -3.60. The van der Waals surface area contributed by atoms with Gasteiger partial charge in [-0.25, -0.2) is 8.42 Å². The number of amides is 1. The molecule has 4 saturated carbocycles. The molecule has 0 atom stereocenters. The van der Waals surface area contributed by atoms with Gasteiger partial charge in [0.05, 0.1) is 11.9 Å². The molecule has 2 aromatic rings. The molecule has 0 aromatic heterocycles. The molecule has 170 valence electrons. The van der Waals surface area contributed by atoms with Crippen molar-refractivity contribution in [1.29, 1.82) is 0 Å². The number of rotatable bonds is 6. The third kappa shape index (κ3) is 4.05. The molecule has 6 rings (SSSR count). The Hall–Kier alpha value is -2.34. The highest BCUT2D eigenvalue weighted by atomic mass is 32.2. The summed E-state index contributed by atoms with van der Waals surface area (Å²) in [5.41, 5.74) is 3.79. The molecule has 1 N–H and O–H groups in total. The summed E-state index contributed by atoms with van der Waals surface area (Å²) in [4.78, 5) is 12.7. The smallest absolute Gasteiger partial charge is 0.245 e. The van der Waals surface area contributed by atoms with Gasteiger partial charge in [-0.15, -0.1) is 0 Å². The lowest BCUT2D eigenvalue weighted by molar-refractivity contribution is -0.114. The number of benzene rings is 2. The Bertz CT molecular complexity index is 1090. The van der Waals surface area contributed by atoms with E-state index in [-0.39, 0.29) is 17.9 Å². The van der Waals surface area contributed by atoms with E-state index in [9.17, 15) is 13.2 Å². The van der Waals surface area contributed by atoms with E-state index in [0.29, 0.717) is 11.4 Å². The normalized spacial score (nSPS) is 28.5. The van der Waals surface area contributed by atoms with E-state index in [1.54, 1.807) is 0 Å². The lowest BCUT2D eigenvalue weighted by Crippen LogP contribution is -2.48. The molecule has 0 aliphatic heterocycles. The summed E-state index contributed by atoms with van der Waals surface area (Å²) in [6.07, 6.45) is 9.16. The maximum Gasteiger partial charge on any atom is 0.245 e. The lowest BCUT2D eigenvalue weighted by atomic mass is 9.48. The predicted octanol–water partition coefficient (Wildman–Crippen LogP) is 4.87. The first kappa shape index (κ1) is 21.5. The zero-order valence-electron chi connectivity index (χ0n) is 18.9. The van der Waals surface area contributed by atoms with E-state index >= 15 is 0 Å². The van der Waals surface area contributed by atoms with Gasteiger partial charge in [0.1, 0.15) is 6.54 Å². The first-order valence-corrected chi connectivity index (χ1v) is 13.5. The quantitative estimate of drug-likeness (QED) is 0.680. The van der Waals surface area contributed by atoms with Gasteiger partial charge < -0.3 is 5.32 Å². The van der Waals surface area contributed by atoms with E-state index in [0.717, 1.165) is 29.6 Å². The highest BCUT2D eigenvalue weighted by Crippen LogP contribution is 2.60. The minimum absolute atomic E-state index is 0.246. The fourth-order valence-electron chi connectivity index (χ4n) is 6.88. The molecule has 5 nitrogen and oxygen atoms in total. The Morgan fingerprint density at radius 2 is 1.53 bits per heavy atom. The van der Waals surface area contributed by atoms with E-state index in [1.165, 1.54) is 48.4 Å².